The standard InChI is InChI=1S/C17H20O3/c1-12-7-16(20-11-19-3)8-13(2)17(12)15-6-4-5-14(9-15)10-18/h4-9,18H,10-11H2,1-3H3. The molecule has 0 spiro atoms. The summed E-state index contributed by atoms with van der Waals surface area (Å²) < 4.78 is 10.4. The first-order valence-corrected chi connectivity index (χ1v) is 6.59. The zero-order chi connectivity index (χ0) is 14.5. The van der Waals surface area contributed by atoms with Crippen LogP contribution < -0.4 is 4.74 Å². The number of benzene rings is 2. The topological polar surface area (TPSA) is 38.7 Å². The quantitative estimate of drug-likeness (QED) is 0.847. The second-order valence-electron chi connectivity index (χ2n) is 4.84. The Kier molecular flexibility index (Phi) is 4.77. The van der Waals surface area contributed by atoms with Crippen LogP contribution in [0.25, 0.3) is 11.1 Å². The molecule has 0 unspecified atom stereocenters. The number of aliphatic hydroxyl groups excluding tert-OH is 1. The van der Waals surface area contributed by atoms with E-state index in [2.05, 4.69) is 19.9 Å². The Bertz CT molecular complexity index is 568. The Balaban J connectivity index is 2.41. The summed E-state index contributed by atoms with van der Waals surface area (Å²) >= 11 is 0. The van der Waals surface area contributed by atoms with Gasteiger partial charge in [-0.1, -0.05) is 18.2 Å². The molecule has 3 nitrogen and oxygen atoms in total. The summed E-state index contributed by atoms with van der Waals surface area (Å²) in [6, 6.07) is 12.0. The van der Waals surface area contributed by atoms with Crippen molar-refractivity contribution < 1.29 is 14.6 Å². The lowest BCUT2D eigenvalue weighted by atomic mass is 9.94. The molecular formula is C17H20O3. The Labute approximate surface area is 119 Å². The number of aryl methyl sites for hydroxylation is 2. The number of ether oxygens (including phenoxy) is 2. The highest BCUT2D eigenvalue weighted by Crippen LogP contribution is 2.31. The van der Waals surface area contributed by atoms with Gasteiger partial charge in [-0.15, -0.1) is 0 Å². The van der Waals surface area contributed by atoms with Gasteiger partial charge < -0.3 is 14.6 Å². The molecule has 106 valence electrons. The highest BCUT2D eigenvalue weighted by Gasteiger charge is 2.09. The molecule has 0 saturated heterocycles. The minimum atomic E-state index is 0.0565. The molecule has 2 aromatic rings. The van der Waals surface area contributed by atoms with E-state index in [0.29, 0.717) is 0 Å². The summed E-state index contributed by atoms with van der Waals surface area (Å²) in [4.78, 5) is 0. The van der Waals surface area contributed by atoms with Gasteiger partial charge in [0.2, 0.25) is 0 Å². The Morgan fingerprint density at radius 3 is 2.35 bits per heavy atom. The zero-order valence-electron chi connectivity index (χ0n) is 12.1. The fourth-order valence-corrected chi connectivity index (χ4v) is 2.41. The van der Waals surface area contributed by atoms with Crippen LogP contribution in [0.1, 0.15) is 16.7 Å². The van der Waals surface area contributed by atoms with Gasteiger partial charge in [-0.3, -0.25) is 0 Å². The lowest BCUT2D eigenvalue weighted by Gasteiger charge is -2.14. The maximum atomic E-state index is 9.25. The maximum absolute atomic E-state index is 9.25. The molecule has 0 aromatic heterocycles. The summed E-state index contributed by atoms with van der Waals surface area (Å²) in [6.07, 6.45) is 0. The van der Waals surface area contributed by atoms with E-state index < -0.39 is 0 Å². The molecule has 2 rings (SSSR count). The molecule has 0 bridgehead atoms. The lowest BCUT2D eigenvalue weighted by Crippen LogP contribution is -2.00. The van der Waals surface area contributed by atoms with Gasteiger partial charge in [-0.2, -0.15) is 0 Å². The molecule has 0 saturated carbocycles. The van der Waals surface area contributed by atoms with Crippen molar-refractivity contribution in [3.8, 4) is 16.9 Å². The third-order valence-corrected chi connectivity index (χ3v) is 3.25. The summed E-state index contributed by atoms with van der Waals surface area (Å²) in [5, 5.41) is 9.25. The van der Waals surface area contributed by atoms with E-state index in [4.69, 9.17) is 9.47 Å². The van der Waals surface area contributed by atoms with Crippen LogP contribution in [-0.2, 0) is 11.3 Å². The molecule has 0 aliphatic carbocycles. The maximum Gasteiger partial charge on any atom is 0.188 e. The number of hydrogen-bond donors (Lipinski definition) is 1. The van der Waals surface area contributed by atoms with Crippen molar-refractivity contribution in [2.75, 3.05) is 13.9 Å². The van der Waals surface area contributed by atoms with Gasteiger partial charge in [0.1, 0.15) is 5.75 Å². The van der Waals surface area contributed by atoms with Crippen molar-refractivity contribution >= 4 is 0 Å². The lowest BCUT2D eigenvalue weighted by molar-refractivity contribution is 0.0511. The fourth-order valence-electron chi connectivity index (χ4n) is 2.41. The molecule has 2 aromatic carbocycles. The van der Waals surface area contributed by atoms with E-state index in [1.54, 1.807) is 7.11 Å². The molecule has 0 fully saturated rings. The number of aliphatic hydroxyl groups is 1. The highest BCUT2D eigenvalue weighted by atomic mass is 16.7. The predicted molar refractivity (Wildman–Crippen MR) is 79.8 cm³/mol. The minimum Gasteiger partial charge on any atom is -0.468 e. The first-order chi connectivity index (χ1) is 9.65. The molecule has 0 atom stereocenters. The molecule has 0 heterocycles. The third-order valence-electron chi connectivity index (χ3n) is 3.25. The molecule has 1 N–H and O–H groups in total. The van der Waals surface area contributed by atoms with E-state index in [9.17, 15) is 5.11 Å². The molecule has 0 radical (unpaired) electrons. The first kappa shape index (κ1) is 14.6. The van der Waals surface area contributed by atoms with Crippen LogP contribution in [0.3, 0.4) is 0 Å². The highest BCUT2D eigenvalue weighted by molar-refractivity contribution is 5.72. The smallest absolute Gasteiger partial charge is 0.188 e. The van der Waals surface area contributed by atoms with Gasteiger partial charge in [0.25, 0.3) is 0 Å². The van der Waals surface area contributed by atoms with E-state index >= 15 is 0 Å². The van der Waals surface area contributed by atoms with E-state index in [1.165, 1.54) is 5.56 Å². The monoisotopic (exact) mass is 272 g/mol. The minimum absolute atomic E-state index is 0.0565. The SMILES string of the molecule is COCOc1cc(C)c(-c2cccc(CO)c2)c(C)c1. The Morgan fingerprint density at radius 1 is 1.05 bits per heavy atom. The molecule has 3 heteroatoms. The van der Waals surface area contributed by atoms with E-state index in [-0.39, 0.29) is 13.4 Å². The van der Waals surface area contributed by atoms with E-state index in [1.807, 2.05) is 30.3 Å². The van der Waals surface area contributed by atoms with Crippen LogP contribution in [0.2, 0.25) is 0 Å². The van der Waals surface area contributed by atoms with Crippen LogP contribution in [-0.4, -0.2) is 19.0 Å². The van der Waals surface area contributed by atoms with Gasteiger partial charge in [0.05, 0.1) is 6.61 Å². The normalized spacial score (nSPS) is 10.6. The largest absolute Gasteiger partial charge is 0.468 e. The van der Waals surface area contributed by atoms with Crippen LogP contribution in [0.15, 0.2) is 36.4 Å². The third kappa shape index (κ3) is 3.18. The van der Waals surface area contributed by atoms with Crippen LogP contribution >= 0.6 is 0 Å². The van der Waals surface area contributed by atoms with Crippen molar-refractivity contribution in [3.05, 3.63) is 53.1 Å². The fraction of sp³-hybridized carbons (Fsp3) is 0.294. The van der Waals surface area contributed by atoms with Crippen molar-refractivity contribution in [1.29, 1.82) is 0 Å². The van der Waals surface area contributed by atoms with Crippen molar-refractivity contribution in [2.24, 2.45) is 0 Å². The summed E-state index contributed by atoms with van der Waals surface area (Å²) in [5.41, 5.74) is 5.51. The molecular weight excluding hydrogens is 252 g/mol. The summed E-state index contributed by atoms with van der Waals surface area (Å²) in [5.74, 6) is 0.809. The molecule has 20 heavy (non-hydrogen) atoms. The van der Waals surface area contributed by atoms with Crippen LogP contribution in [0.4, 0.5) is 0 Å². The predicted octanol–water partition coefficient (Wildman–Crippen LogP) is 3.45. The Hall–Kier alpha value is -1.84. The van der Waals surface area contributed by atoms with E-state index in [0.717, 1.165) is 28.0 Å². The Morgan fingerprint density at radius 2 is 1.75 bits per heavy atom. The molecule has 0 amide bonds. The van der Waals surface area contributed by atoms with Gasteiger partial charge in [-0.25, -0.2) is 0 Å². The number of hydrogen-bond acceptors (Lipinski definition) is 3. The van der Waals surface area contributed by atoms with Crippen molar-refractivity contribution in [1.82, 2.24) is 0 Å². The average molecular weight is 272 g/mol. The van der Waals surface area contributed by atoms with Gasteiger partial charge >= 0.3 is 0 Å². The summed E-state index contributed by atoms with van der Waals surface area (Å²) in [7, 11) is 1.61. The second kappa shape index (κ2) is 6.55. The van der Waals surface area contributed by atoms with Gasteiger partial charge in [-0.05, 0) is 59.9 Å². The van der Waals surface area contributed by atoms with Gasteiger partial charge in [0.15, 0.2) is 6.79 Å². The number of rotatable bonds is 5. The van der Waals surface area contributed by atoms with Crippen molar-refractivity contribution in [3.63, 3.8) is 0 Å². The molecule has 0 aliphatic rings. The molecule has 0 aliphatic heterocycles. The second-order valence-corrected chi connectivity index (χ2v) is 4.84. The van der Waals surface area contributed by atoms with Crippen LogP contribution in [0.5, 0.6) is 5.75 Å². The number of methoxy groups -OCH3 is 1. The average Bonchev–Trinajstić information content (AvgIpc) is 2.44. The van der Waals surface area contributed by atoms with Crippen LogP contribution in [0, 0.1) is 13.8 Å². The first-order valence-electron chi connectivity index (χ1n) is 6.59. The zero-order valence-corrected chi connectivity index (χ0v) is 12.1. The van der Waals surface area contributed by atoms with Gasteiger partial charge in [0, 0.05) is 7.11 Å². The van der Waals surface area contributed by atoms with Crippen molar-refractivity contribution in [2.45, 2.75) is 20.5 Å². The summed E-state index contributed by atoms with van der Waals surface area (Å²) in [6.45, 7) is 4.43.